The van der Waals surface area contributed by atoms with Crippen molar-refractivity contribution in [3.8, 4) is 6.07 Å². The second-order valence-electron chi connectivity index (χ2n) is 11.0. The molecule has 1 amide bonds. The quantitative estimate of drug-likeness (QED) is 0.306. The molecule has 1 aliphatic rings. The molecule has 1 saturated heterocycles. The average molecular weight is 572 g/mol. The summed E-state index contributed by atoms with van der Waals surface area (Å²) in [6, 6.07) is 15.5. The first-order valence-corrected chi connectivity index (χ1v) is 13.2. The highest BCUT2D eigenvalue weighted by Crippen LogP contribution is 2.52. The van der Waals surface area contributed by atoms with Crippen LogP contribution in [0.25, 0.3) is 0 Å². The van der Waals surface area contributed by atoms with Crippen LogP contribution in [0.3, 0.4) is 0 Å². The molecule has 0 aliphatic carbocycles. The van der Waals surface area contributed by atoms with Crippen LogP contribution in [0.5, 0.6) is 0 Å². The Balaban J connectivity index is 1.95. The molecule has 4 unspecified atom stereocenters. The number of carbonyl (C=O) groups excluding carboxylic acids is 1. The molecule has 39 heavy (non-hydrogen) atoms. The maximum Gasteiger partial charge on any atom is 0.242 e. The molecule has 4 rings (SSSR count). The van der Waals surface area contributed by atoms with Crippen LogP contribution in [0.15, 0.2) is 60.7 Å². The number of amides is 1. The zero-order valence-electron chi connectivity index (χ0n) is 21.7. The topological polar surface area (TPSA) is 85.2 Å². The lowest BCUT2D eigenvalue weighted by atomic mass is 9.62. The van der Waals surface area contributed by atoms with Gasteiger partial charge in [0.2, 0.25) is 5.91 Å². The molecule has 3 N–H and O–H groups in total. The Kier molecular flexibility index (Phi) is 8.34. The van der Waals surface area contributed by atoms with Crippen molar-refractivity contribution in [2.75, 3.05) is 5.32 Å². The Morgan fingerprint density at radius 2 is 1.85 bits per heavy atom. The van der Waals surface area contributed by atoms with E-state index in [9.17, 15) is 15.2 Å². The Morgan fingerprint density at radius 1 is 1.13 bits per heavy atom. The molecule has 1 aliphatic heterocycles. The molecule has 3 aromatic rings. The van der Waals surface area contributed by atoms with Crippen LogP contribution in [0.4, 0.5) is 14.5 Å². The SMILES string of the molecule is CC(C)(C)CC1NC(C(=O)Nc2cccc(CO)c2)C(c2cccc(Cl)c2F)C1(C#N)c1ccc(Cl)cc1F. The number of hydrogen-bond acceptors (Lipinski definition) is 4. The van der Waals surface area contributed by atoms with Gasteiger partial charge in [0.1, 0.15) is 17.0 Å². The normalized spacial score (nSPS) is 22.9. The van der Waals surface area contributed by atoms with Crippen LogP contribution >= 0.6 is 23.2 Å². The van der Waals surface area contributed by atoms with Crippen LogP contribution in [-0.4, -0.2) is 23.1 Å². The van der Waals surface area contributed by atoms with Crippen molar-refractivity contribution in [2.24, 2.45) is 5.41 Å². The molecule has 204 valence electrons. The highest BCUT2D eigenvalue weighted by Gasteiger charge is 2.61. The summed E-state index contributed by atoms with van der Waals surface area (Å²) < 4.78 is 31.4. The summed E-state index contributed by atoms with van der Waals surface area (Å²) in [6.07, 6.45) is 0.366. The van der Waals surface area contributed by atoms with E-state index in [1.54, 1.807) is 24.3 Å². The Morgan fingerprint density at radius 3 is 2.49 bits per heavy atom. The Labute approximate surface area is 236 Å². The zero-order valence-corrected chi connectivity index (χ0v) is 23.2. The minimum atomic E-state index is -1.71. The van der Waals surface area contributed by atoms with Gasteiger partial charge in [0.05, 0.1) is 23.7 Å². The van der Waals surface area contributed by atoms with Crippen molar-refractivity contribution in [3.05, 3.63) is 99.0 Å². The van der Waals surface area contributed by atoms with Gasteiger partial charge < -0.3 is 15.7 Å². The number of hydrogen-bond donors (Lipinski definition) is 3. The molecule has 0 saturated carbocycles. The molecule has 1 fully saturated rings. The molecule has 0 bridgehead atoms. The lowest BCUT2D eigenvalue weighted by Crippen LogP contribution is -2.45. The number of anilines is 1. The summed E-state index contributed by atoms with van der Waals surface area (Å²) in [6.45, 7) is 5.69. The molecule has 0 radical (unpaired) electrons. The van der Waals surface area contributed by atoms with E-state index < -0.39 is 41.0 Å². The first-order chi connectivity index (χ1) is 18.4. The molecule has 0 aromatic heterocycles. The smallest absolute Gasteiger partial charge is 0.242 e. The molecule has 9 heteroatoms. The molecule has 5 nitrogen and oxygen atoms in total. The van der Waals surface area contributed by atoms with Gasteiger partial charge in [0.15, 0.2) is 0 Å². The minimum Gasteiger partial charge on any atom is -0.392 e. The summed E-state index contributed by atoms with van der Waals surface area (Å²) in [4.78, 5) is 13.9. The van der Waals surface area contributed by atoms with Crippen molar-refractivity contribution >= 4 is 34.8 Å². The summed E-state index contributed by atoms with van der Waals surface area (Å²) in [7, 11) is 0. The third-order valence-electron chi connectivity index (χ3n) is 7.11. The summed E-state index contributed by atoms with van der Waals surface area (Å²) in [5.74, 6) is -3.21. The number of halogens is 4. The van der Waals surface area contributed by atoms with Crippen molar-refractivity contribution < 1.29 is 18.7 Å². The van der Waals surface area contributed by atoms with Gasteiger partial charge >= 0.3 is 0 Å². The first-order valence-electron chi connectivity index (χ1n) is 12.5. The molecule has 1 heterocycles. The Bertz CT molecular complexity index is 1440. The maximum atomic E-state index is 15.7. The number of benzene rings is 3. The van der Waals surface area contributed by atoms with Gasteiger partial charge in [-0.2, -0.15) is 5.26 Å². The fourth-order valence-corrected chi connectivity index (χ4v) is 5.86. The van der Waals surface area contributed by atoms with E-state index in [0.29, 0.717) is 17.7 Å². The molecular weight excluding hydrogens is 543 g/mol. The summed E-state index contributed by atoms with van der Waals surface area (Å²) >= 11 is 12.2. The van der Waals surface area contributed by atoms with Crippen LogP contribution < -0.4 is 10.6 Å². The lowest BCUT2D eigenvalue weighted by Gasteiger charge is -2.37. The van der Waals surface area contributed by atoms with E-state index in [1.807, 2.05) is 20.8 Å². The minimum absolute atomic E-state index is 0.0121. The van der Waals surface area contributed by atoms with Gasteiger partial charge in [-0.15, -0.1) is 0 Å². The summed E-state index contributed by atoms with van der Waals surface area (Å²) in [5.41, 5.74) is -1.02. The van der Waals surface area contributed by atoms with Gasteiger partial charge in [0, 0.05) is 28.2 Å². The van der Waals surface area contributed by atoms with E-state index in [2.05, 4.69) is 16.7 Å². The first kappa shape index (κ1) is 29.0. The van der Waals surface area contributed by atoms with E-state index in [0.717, 1.165) is 6.07 Å². The number of aliphatic hydroxyl groups is 1. The number of rotatable bonds is 6. The Hall–Kier alpha value is -3.02. The zero-order chi connectivity index (χ0) is 28.5. The predicted molar refractivity (Wildman–Crippen MR) is 149 cm³/mol. The van der Waals surface area contributed by atoms with Crippen LogP contribution in [-0.2, 0) is 16.8 Å². The molecule has 4 atom stereocenters. The van der Waals surface area contributed by atoms with Crippen molar-refractivity contribution in [3.63, 3.8) is 0 Å². The number of aliphatic hydroxyl groups excluding tert-OH is 1. The largest absolute Gasteiger partial charge is 0.392 e. The number of carbonyl (C=O) groups is 1. The standard InChI is InChI=1S/C30H29Cl2F2N3O2/c1-29(2,3)14-24-30(16-35,21-11-10-18(31)13-23(21)33)25(20-8-5-9-22(32)26(20)34)27(37-24)28(39)36-19-7-4-6-17(12-19)15-38/h4-13,24-25,27,37-38H,14-15H2,1-3H3,(H,36,39). The second kappa shape index (κ2) is 11.2. The van der Waals surface area contributed by atoms with Crippen molar-refractivity contribution in [2.45, 2.75) is 57.2 Å². The highest BCUT2D eigenvalue weighted by atomic mass is 35.5. The van der Waals surface area contributed by atoms with Crippen molar-refractivity contribution in [1.82, 2.24) is 5.32 Å². The van der Waals surface area contributed by atoms with Gasteiger partial charge in [-0.25, -0.2) is 8.78 Å². The van der Waals surface area contributed by atoms with Gasteiger partial charge in [-0.3, -0.25) is 4.79 Å². The van der Waals surface area contributed by atoms with Gasteiger partial charge in [-0.1, -0.05) is 74.3 Å². The van der Waals surface area contributed by atoms with E-state index in [4.69, 9.17) is 23.2 Å². The molecular formula is C30H29Cl2F2N3O2. The third-order valence-corrected chi connectivity index (χ3v) is 7.64. The fourth-order valence-electron chi connectivity index (χ4n) is 5.52. The monoisotopic (exact) mass is 571 g/mol. The highest BCUT2D eigenvalue weighted by molar-refractivity contribution is 6.31. The average Bonchev–Trinajstić information content (AvgIpc) is 3.18. The van der Waals surface area contributed by atoms with Gasteiger partial charge in [0.25, 0.3) is 0 Å². The molecule has 3 aromatic carbocycles. The lowest BCUT2D eigenvalue weighted by molar-refractivity contribution is -0.118. The van der Waals surface area contributed by atoms with Gasteiger partial charge in [-0.05, 0) is 53.3 Å². The second-order valence-corrected chi connectivity index (χ2v) is 11.9. The van der Waals surface area contributed by atoms with Crippen LogP contribution in [0.2, 0.25) is 10.0 Å². The number of nitrogens with zero attached hydrogens (tertiary/aromatic N) is 1. The molecule has 0 spiro atoms. The van der Waals surface area contributed by atoms with E-state index >= 15 is 8.78 Å². The third kappa shape index (κ3) is 5.66. The maximum absolute atomic E-state index is 15.7. The number of nitrogens with one attached hydrogen (secondary N) is 2. The fraction of sp³-hybridized carbons (Fsp3) is 0.333. The van der Waals surface area contributed by atoms with Crippen molar-refractivity contribution in [1.29, 1.82) is 5.26 Å². The van der Waals surface area contributed by atoms with Crippen LogP contribution in [0.1, 0.15) is 49.8 Å². The van der Waals surface area contributed by atoms with E-state index in [-0.39, 0.29) is 33.2 Å². The summed E-state index contributed by atoms with van der Waals surface area (Å²) in [5, 5.41) is 26.5. The van der Waals surface area contributed by atoms with Crippen LogP contribution in [0, 0.1) is 28.4 Å². The predicted octanol–water partition coefficient (Wildman–Crippen LogP) is 6.72. The van der Waals surface area contributed by atoms with E-state index in [1.165, 1.54) is 30.3 Å². The number of nitriles is 1.